The van der Waals surface area contributed by atoms with Gasteiger partial charge in [0.2, 0.25) is 0 Å². The number of rotatable bonds is 1. The first-order valence-electron chi connectivity index (χ1n) is 4.06. The minimum absolute atomic E-state index is 0. The molecule has 0 heterocycles. The van der Waals surface area contributed by atoms with E-state index in [0.717, 1.165) is 25.1 Å². The zero-order valence-corrected chi connectivity index (χ0v) is 11.4. The van der Waals surface area contributed by atoms with Crippen LogP contribution in [0.15, 0.2) is 30.3 Å². The van der Waals surface area contributed by atoms with Crippen LogP contribution in [-0.2, 0) is 0 Å². The summed E-state index contributed by atoms with van der Waals surface area (Å²) in [6.45, 7) is 0. The van der Waals surface area contributed by atoms with E-state index < -0.39 is 0 Å². The van der Waals surface area contributed by atoms with E-state index in [0.29, 0.717) is 0 Å². The maximum Gasteiger partial charge on any atom is 0.0625 e. The molecule has 2 rings (SSSR count). The van der Waals surface area contributed by atoms with Gasteiger partial charge in [0.15, 0.2) is 0 Å². The number of hydrogen-bond acceptors (Lipinski definition) is 2. The molecule has 0 atom stereocenters. The average Bonchev–Trinajstić information content (AvgIpc) is 2.16. The Bertz CT molecular complexity index is 488. The molecule has 0 unspecified atom stereocenters. The second-order valence-electron chi connectivity index (χ2n) is 2.97. The van der Waals surface area contributed by atoms with Gasteiger partial charge in [-0.05, 0) is 57.6 Å². The Balaban J connectivity index is 0.00000112. The lowest BCUT2D eigenvalue weighted by Gasteiger charge is -2.06. The highest BCUT2D eigenvalue weighted by Gasteiger charge is 2.01. The van der Waals surface area contributed by atoms with Gasteiger partial charge in [0.05, 0.1) is 5.69 Å². The van der Waals surface area contributed by atoms with Gasteiger partial charge in [0.25, 0.3) is 0 Å². The molecule has 15 heavy (non-hydrogen) atoms. The molecule has 0 aliphatic carbocycles. The van der Waals surface area contributed by atoms with Crippen molar-refractivity contribution < 1.29 is 0 Å². The van der Waals surface area contributed by atoms with Gasteiger partial charge in [-0.1, -0.05) is 17.7 Å². The van der Waals surface area contributed by atoms with E-state index in [1.165, 1.54) is 0 Å². The van der Waals surface area contributed by atoms with Crippen LogP contribution in [0, 0.1) is 3.57 Å². The van der Waals surface area contributed by atoms with Crippen molar-refractivity contribution in [2.45, 2.75) is 0 Å². The van der Waals surface area contributed by atoms with Crippen molar-refractivity contribution in [1.82, 2.24) is 0 Å². The Kier molecular flexibility index (Phi) is 4.45. The van der Waals surface area contributed by atoms with E-state index in [9.17, 15) is 0 Å². The first-order valence-corrected chi connectivity index (χ1v) is 5.52. The van der Waals surface area contributed by atoms with Crippen LogP contribution in [0.4, 0.5) is 5.69 Å². The Morgan fingerprint density at radius 3 is 2.53 bits per heavy atom. The van der Waals surface area contributed by atoms with Crippen molar-refractivity contribution in [3.8, 4) is 0 Å². The average molecular weight is 355 g/mol. The van der Waals surface area contributed by atoms with Gasteiger partial charge in [-0.25, -0.2) is 0 Å². The van der Waals surface area contributed by atoms with Crippen LogP contribution in [0.2, 0.25) is 5.02 Å². The van der Waals surface area contributed by atoms with E-state index in [2.05, 4.69) is 34.1 Å². The maximum atomic E-state index is 5.90. The van der Waals surface area contributed by atoms with E-state index in [-0.39, 0.29) is 12.4 Å². The Labute approximate surface area is 113 Å². The molecular weight excluding hydrogens is 346 g/mol. The van der Waals surface area contributed by atoms with Gasteiger partial charge in [-0.15, -0.1) is 12.4 Å². The normalized spacial score (nSPS) is 9.80. The molecule has 0 radical (unpaired) electrons. The predicted molar refractivity (Wildman–Crippen MR) is 76.7 cm³/mol. The van der Waals surface area contributed by atoms with Crippen LogP contribution in [0.5, 0.6) is 0 Å². The second-order valence-corrected chi connectivity index (χ2v) is 4.57. The molecule has 0 amide bonds. The molecule has 3 N–H and O–H groups in total. The molecule has 5 heteroatoms. The van der Waals surface area contributed by atoms with Crippen molar-refractivity contribution in [2.75, 3.05) is 5.43 Å². The summed E-state index contributed by atoms with van der Waals surface area (Å²) in [4.78, 5) is 0. The van der Waals surface area contributed by atoms with Crippen LogP contribution in [0.3, 0.4) is 0 Å². The number of fused-ring (bicyclic) bond motifs is 1. The fraction of sp³-hybridized carbons (Fsp3) is 0. The SMILES string of the molecule is Cl.NNc1cc2ccc(Cl)cc2cc1I. The molecule has 2 nitrogen and oxygen atoms in total. The van der Waals surface area contributed by atoms with Crippen LogP contribution in [-0.4, -0.2) is 0 Å². The van der Waals surface area contributed by atoms with Gasteiger partial charge >= 0.3 is 0 Å². The summed E-state index contributed by atoms with van der Waals surface area (Å²) in [5, 5.41) is 3.01. The van der Waals surface area contributed by atoms with Crippen LogP contribution >= 0.6 is 46.6 Å². The van der Waals surface area contributed by atoms with E-state index >= 15 is 0 Å². The third-order valence-electron chi connectivity index (χ3n) is 2.04. The molecule has 80 valence electrons. The van der Waals surface area contributed by atoms with E-state index in [1.54, 1.807) is 0 Å². The van der Waals surface area contributed by atoms with Gasteiger partial charge in [-0.2, -0.15) is 0 Å². The molecular formula is C10H9Cl2IN2. The number of hydrazine groups is 1. The third-order valence-corrected chi connectivity index (χ3v) is 3.17. The lowest BCUT2D eigenvalue weighted by atomic mass is 10.1. The number of nitrogens with two attached hydrogens (primary N) is 1. The quantitative estimate of drug-likeness (QED) is 0.464. The molecule has 0 aliphatic heterocycles. The summed E-state index contributed by atoms with van der Waals surface area (Å²) < 4.78 is 1.08. The van der Waals surface area contributed by atoms with Crippen LogP contribution in [0.25, 0.3) is 10.8 Å². The molecule has 0 saturated carbocycles. The van der Waals surface area contributed by atoms with Crippen molar-refractivity contribution in [1.29, 1.82) is 0 Å². The fourth-order valence-electron chi connectivity index (χ4n) is 1.35. The van der Waals surface area contributed by atoms with Gasteiger partial charge in [0, 0.05) is 8.59 Å². The third kappa shape index (κ3) is 2.66. The zero-order chi connectivity index (χ0) is 10.1. The maximum absolute atomic E-state index is 5.90. The minimum atomic E-state index is 0. The van der Waals surface area contributed by atoms with Crippen molar-refractivity contribution in [2.24, 2.45) is 5.84 Å². The molecule has 0 bridgehead atoms. The first-order chi connectivity index (χ1) is 6.70. The topological polar surface area (TPSA) is 38.0 Å². The summed E-state index contributed by atoms with van der Waals surface area (Å²) in [6.07, 6.45) is 0. The summed E-state index contributed by atoms with van der Waals surface area (Å²) >= 11 is 8.14. The molecule has 0 saturated heterocycles. The number of nitrogen functional groups attached to an aromatic ring is 1. The van der Waals surface area contributed by atoms with Crippen LogP contribution in [0.1, 0.15) is 0 Å². The van der Waals surface area contributed by atoms with E-state index in [4.69, 9.17) is 17.4 Å². The summed E-state index contributed by atoms with van der Waals surface area (Å²) in [5.74, 6) is 5.39. The molecule has 2 aromatic carbocycles. The molecule has 0 spiro atoms. The molecule has 0 fully saturated rings. The lowest BCUT2D eigenvalue weighted by molar-refractivity contribution is 1.35. The summed E-state index contributed by atoms with van der Waals surface area (Å²) in [6, 6.07) is 9.86. The highest BCUT2D eigenvalue weighted by molar-refractivity contribution is 14.1. The molecule has 0 aromatic heterocycles. The highest BCUT2D eigenvalue weighted by Crippen LogP contribution is 2.26. The van der Waals surface area contributed by atoms with Gasteiger partial charge < -0.3 is 5.43 Å². The monoisotopic (exact) mass is 354 g/mol. The zero-order valence-electron chi connectivity index (χ0n) is 7.63. The number of benzene rings is 2. The number of anilines is 1. The summed E-state index contributed by atoms with van der Waals surface area (Å²) in [7, 11) is 0. The number of halogens is 3. The first kappa shape index (κ1) is 12.8. The standard InChI is InChI=1S/C10H8ClIN2.ClH/c11-8-2-1-6-5-10(14-13)9(12)4-7(6)3-8;/h1-5,14H,13H2;1H. The summed E-state index contributed by atoms with van der Waals surface area (Å²) in [5.41, 5.74) is 3.59. The minimum Gasteiger partial charge on any atom is -0.323 e. The predicted octanol–water partition coefficient (Wildman–Crippen LogP) is 3.81. The van der Waals surface area contributed by atoms with Crippen molar-refractivity contribution in [3.05, 3.63) is 38.9 Å². The van der Waals surface area contributed by atoms with Gasteiger partial charge in [-0.3, -0.25) is 5.84 Å². The smallest absolute Gasteiger partial charge is 0.0625 e. The lowest BCUT2D eigenvalue weighted by Crippen LogP contribution is -2.07. The number of nitrogens with one attached hydrogen (secondary N) is 1. The van der Waals surface area contributed by atoms with Crippen molar-refractivity contribution in [3.63, 3.8) is 0 Å². The van der Waals surface area contributed by atoms with Crippen LogP contribution < -0.4 is 11.3 Å². The van der Waals surface area contributed by atoms with E-state index in [1.807, 2.05) is 24.3 Å². The van der Waals surface area contributed by atoms with Crippen molar-refractivity contribution >= 4 is 63.1 Å². The Morgan fingerprint density at radius 2 is 1.87 bits per heavy atom. The second kappa shape index (κ2) is 5.21. The Morgan fingerprint density at radius 1 is 1.13 bits per heavy atom. The Hall–Kier alpha value is -0.230. The number of hydrogen-bond donors (Lipinski definition) is 2. The molecule has 0 aliphatic rings. The molecule has 2 aromatic rings. The highest BCUT2D eigenvalue weighted by atomic mass is 127. The van der Waals surface area contributed by atoms with Gasteiger partial charge in [0.1, 0.15) is 0 Å². The fourth-order valence-corrected chi connectivity index (χ4v) is 2.18. The largest absolute Gasteiger partial charge is 0.323 e.